The Bertz CT molecular complexity index is 373. The van der Waals surface area contributed by atoms with Crippen molar-refractivity contribution in [3.8, 4) is 0 Å². The SMILES string of the molecule is [2H]c1ccccc1N(C)C(=O)C(=C)C. The number of nitrogens with zero attached hydrogens (tertiary/aromatic N) is 1. The quantitative estimate of drug-likeness (QED) is 0.633. The van der Waals surface area contributed by atoms with E-state index in [1.807, 2.05) is 0 Å². The second-order valence-corrected chi connectivity index (χ2v) is 2.89. The summed E-state index contributed by atoms with van der Waals surface area (Å²) in [6, 6.07) is 7.30. The lowest BCUT2D eigenvalue weighted by Gasteiger charge is -2.16. The van der Waals surface area contributed by atoms with Crippen LogP contribution in [0.5, 0.6) is 0 Å². The Morgan fingerprint density at radius 3 is 2.77 bits per heavy atom. The predicted octanol–water partition coefficient (Wildman–Crippen LogP) is 2.23. The van der Waals surface area contributed by atoms with Crippen LogP contribution in [0.4, 0.5) is 5.69 Å². The lowest BCUT2D eigenvalue weighted by atomic mass is 10.2. The minimum absolute atomic E-state index is 0.162. The van der Waals surface area contributed by atoms with Gasteiger partial charge in [0.2, 0.25) is 0 Å². The first-order valence-corrected chi connectivity index (χ1v) is 4.03. The Kier molecular flexibility index (Phi) is 2.41. The van der Waals surface area contributed by atoms with E-state index in [1.165, 1.54) is 4.90 Å². The fraction of sp³-hybridized carbons (Fsp3) is 0.182. The van der Waals surface area contributed by atoms with Crippen LogP contribution in [0, 0.1) is 0 Å². The smallest absolute Gasteiger partial charge is 0.253 e. The highest BCUT2D eigenvalue weighted by molar-refractivity contribution is 6.04. The van der Waals surface area contributed by atoms with Crippen LogP contribution in [-0.2, 0) is 4.79 Å². The number of likely N-dealkylation sites (N-methyl/N-ethyl adjacent to an activating group) is 1. The van der Waals surface area contributed by atoms with Crippen LogP contribution in [0.15, 0.2) is 42.5 Å². The van der Waals surface area contributed by atoms with E-state index in [9.17, 15) is 4.79 Å². The van der Waals surface area contributed by atoms with Gasteiger partial charge in [0, 0.05) is 18.3 Å². The van der Waals surface area contributed by atoms with Gasteiger partial charge < -0.3 is 4.90 Å². The van der Waals surface area contributed by atoms with Gasteiger partial charge in [-0.3, -0.25) is 4.79 Å². The first-order chi connectivity index (χ1) is 6.54. The van der Waals surface area contributed by atoms with Crippen LogP contribution < -0.4 is 4.90 Å². The van der Waals surface area contributed by atoms with Crippen molar-refractivity contribution in [2.45, 2.75) is 6.92 Å². The molecule has 0 fully saturated rings. The number of benzene rings is 1. The number of rotatable bonds is 2. The first kappa shape index (κ1) is 8.05. The fourth-order valence-corrected chi connectivity index (χ4v) is 0.988. The largest absolute Gasteiger partial charge is 0.312 e. The van der Waals surface area contributed by atoms with Crippen LogP contribution in [-0.4, -0.2) is 13.0 Å². The van der Waals surface area contributed by atoms with Gasteiger partial charge in [0.1, 0.15) is 0 Å². The summed E-state index contributed by atoms with van der Waals surface area (Å²) in [4.78, 5) is 13.0. The number of carbonyl (C=O) groups excluding carboxylic acids is 1. The van der Waals surface area contributed by atoms with E-state index >= 15 is 0 Å². The van der Waals surface area contributed by atoms with E-state index in [0.29, 0.717) is 17.3 Å². The van der Waals surface area contributed by atoms with Crippen molar-refractivity contribution >= 4 is 11.6 Å². The molecule has 1 aromatic carbocycles. The second-order valence-electron chi connectivity index (χ2n) is 2.89. The summed E-state index contributed by atoms with van der Waals surface area (Å²) in [5, 5.41) is 0. The molecule has 0 aliphatic rings. The molecule has 13 heavy (non-hydrogen) atoms. The van der Waals surface area contributed by atoms with Crippen LogP contribution in [0.2, 0.25) is 0 Å². The maximum atomic E-state index is 11.5. The van der Waals surface area contributed by atoms with Crippen LogP contribution >= 0.6 is 0 Å². The van der Waals surface area contributed by atoms with Crippen LogP contribution in [0.25, 0.3) is 0 Å². The molecule has 1 rings (SSSR count). The fourth-order valence-electron chi connectivity index (χ4n) is 0.988. The lowest BCUT2D eigenvalue weighted by Crippen LogP contribution is -2.26. The van der Waals surface area contributed by atoms with Crippen molar-refractivity contribution in [3.63, 3.8) is 0 Å². The summed E-state index contributed by atoms with van der Waals surface area (Å²) in [6.45, 7) is 5.24. The van der Waals surface area contributed by atoms with Gasteiger partial charge in [-0.15, -0.1) is 0 Å². The number of hydrogen-bond acceptors (Lipinski definition) is 1. The van der Waals surface area contributed by atoms with Crippen LogP contribution in [0.3, 0.4) is 0 Å². The highest BCUT2D eigenvalue weighted by Gasteiger charge is 2.09. The van der Waals surface area contributed by atoms with Crippen molar-refractivity contribution < 1.29 is 6.17 Å². The molecule has 2 heteroatoms. The summed E-state index contributed by atoms with van der Waals surface area (Å²) >= 11 is 0. The van der Waals surface area contributed by atoms with Crippen molar-refractivity contribution in [1.29, 1.82) is 0 Å². The van der Waals surface area contributed by atoms with E-state index in [1.54, 1.807) is 38.2 Å². The van der Waals surface area contributed by atoms with Crippen molar-refractivity contribution in [1.82, 2.24) is 0 Å². The average molecular weight is 176 g/mol. The molecule has 0 bridgehead atoms. The molecule has 0 N–H and O–H groups in total. The molecule has 0 aliphatic carbocycles. The van der Waals surface area contributed by atoms with Gasteiger partial charge >= 0.3 is 0 Å². The zero-order chi connectivity index (χ0) is 10.7. The minimum Gasteiger partial charge on any atom is -0.312 e. The van der Waals surface area contributed by atoms with Crippen molar-refractivity contribution in [3.05, 3.63) is 42.5 Å². The minimum atomic E-state index is -0.162. The Morgan fingerprint density at radius 1 is 1.54 bits per heavy atom. The molecule has 0 heterocycles. The molecule has 0 aromatic heterocycles. The van der Waals surface area contributed by atoms with E-state index < -0.39 is 0 Å². The molecular weight excluding hydrogens is 162 g/mol. The Balaban J connectivity index is 3.01. The van der Waals surface area contributed by atoms with Crippen molar-refractivity contribution in [2.75, 3.05) is 11.9 Å². The molecule has 68 valence electrons. The number of anilines is 1. The highest BCUT2D eigenvalue weighted by Crippen LogP contribution is 2.12. The topological polar surface area (TPSA) is 20.3 Å². The summed E-state index contributed by atoms with van der Waals surface area (Å²) in [7, 11) is 1.64. The number of amides is 1. The molecule has 0 saturated heterocycles. The number of hydrogen-bond donors (Lipinski definition) is 0. The van der Waals surface area contributed by atoms with Gasteiger partial charge in [-0.2, -0.15) is 0 Å². The molecule has 2 nitrogen and oxygen atoms in total. The average Bonchev–Trinajstić information content (AvgIpc) is 2.16. The maximum Gasteiger partial charge on any atom is 0.253 e. The molecule has 0 atom stereocenters. The highest BCUT2D eigenvalue weighted by atomic mass is 16.2. The van der Waals surface area contributed by atoms with Crippen molar-refractivity contribution in [2.24, 2.45) is 0 Å². The first-order valence-electron chi connectivity index (χ1n) is 4.53. The Morgan fingerprint density at radius 2 is 2.23 bits per heavy atom. The number of para-hydroxylation sites is 1. The second kappa shape index (κ2) is 3.90. The molecule has 0 spiro atoms. The monoisotopic (exact) mass is 176 g/mol. The van der Waals surface area contributed by atoms with E-state index in [4.69, 9.17) is 1.37 Å². The van der Waals surface area contributed by atoms with Crippen LogP contribution in [0.1, 0.15) is 8.29 Å². The van der Waals surface area contributed by atoms with Gasteiger partial charge in [0.05, 0.1) is 1.37 Å². The Labute approximate surface area is 79.9 Å². The molecule has 0 saturated carbocycles. The molecule has 1 aromatic rings. The predicted molar refractivity (Wildman–Crippen MR) is 54.7 cm³/mol. The molecule has 0 aliphatic heterocycles. The van der Waals surface area contributed by atoms with Gasteiger partial charge in [0.25, 0.3) is 5.91 Å². The lowest BCUT2D eigenvalue weighted by molar-refractivity contribution is -0.114. The third kappa shape index (κ3) is 2.18. The van der Waals surface area contributed by atoms with Gasteiger partial charge in [0.15, 0.2) is 0 Å². The van der Waals surface area contributed by atoms with Gasteiger partial charge in [-0.1, -0.05) is 24.8 Å². The third-order valence-corrected chi connectivity index (χ3v) is 1.72. The molecule has 0 unspecified atom stereocenters. The van der Waals surface area contributed by atoms with Gasteiger partial charge in [-0.05, 0) is 19.0 Å². The zero-order valence-electron chi connectivity index (χ0n) is 8.87. The van der Waals surface area contributed by atoms with E-state index in [2.05, 4.69) is 6.58 Å². The summed E-state index contributed by atoms with van der Waals surface area (Å²) in [6.07, 6.45) is 0. The standard InChI is InChI=1S/C11H13NO/c1-9(2)11(13)12(3)10-7-5-4-6-8-10/h4-8H,1H2,2-3H3/i7D. The normalized spacial score (nSPS) is 10.5. The Hall–Kier alpha value is -1.57. The molecular formula is C11H13NO. The van der Waals surface area contributed by atoms with E-state index in [0.717, 1.165) is 0 Å². The summed E-state index contributed by atoms with van der Waals surface area (Å²) < 4.78 is 7.61. The third-order valence-electron chi connectivity index (χ3n) is 1.72. The molecule has 1 amide bonds. The number of carbonyl (C=O) groups is 1. The van der Waals surface area contributed by atoms with E-state index in [-0.39, 0.29) is 5.91 Å². The summed E-state index contributed by atoms with van der Waals surface area (Å²) in [5.41, 5.74) is 1.07. The summed E-state index contributed by atoms with van der Waals surface area (Å²) in [5.74, 6) is -0.162. The van der Waals surface area contributed by atoms with Gasteiger partial charge in [-0.25, -0.2) is 0 Å². The molecule has 0 radical (unpaired) electrons. The zero-order valence-corrected chi connectivity index (χ0v) is 7.87. The maximum absolute atomic E-state index is 11.5.